The summed E-state index contributed by atoms with van der Waals surface area (Å²) in [6.07, 6.45) is 0. The van der Waals surface area contributed by atoms with Crippen LogP contribution in [-0.2, 0) is 26.2 Å². The first-order valence-electron chi connectivity index (χ1n) is 6.84. The van der Waals surface area contributed by atoms with Crippen LogP contribution in [0.4, 0.5) is 0 Å². The van der Waals surface area contributed by atoms with Crippen LogP contribution in [0.25, 0.3) is 0 Å². The topological polar surface area (TPSA) is 86.0 Å². The van der Waals surface area contributed by atoms with Gasteiger partial charge in [-0.25, -0.2) is 17.5 Å². The van der Waals surface area contributed by atoms with E-state index in [0.717, 1.165) is 8.78 Å². The Morgan fingerprint density at radius 3 is 2.46 bits per heavy atom. The van der Waals surface area contributed by atoms with E-state index in [1.54, 1.807) is 24.3 Å². The quantitative estimate of drug-likeness (QED) is 0.642. The third-order valence-corrected chi connectivity index (χ3v) is 5.14. The van der Waals surface area contributed by atoms with Gasteiger partial charge in [0.15, 0.2) is 6.61 Å². The van der Waals surface area contributed by atoms with Gasteiger partial charge in [-0.3, -0.25) is 0 Å². The zero-order valence-electron chi connectivity index (χ0n) is 13.1. The van der Waals surface area contributed by atoms with Crippen molar-refractivity contribution >= 4 is 31.9 Å². The van der Waals surface area contributed by atoms with Gasteiger partial charge < -0.3 is 13.9 Å². The van der Waals surface area contributed by atoms with Gasteiger partial charge in [0.05, 0.1) is 0 Å². The fraction of sp³-hybridized carbons (Fsp3) is 0.267. The predicted octanol–water partition coefficient (Wildman–Crippen LogP) is 2.41. The third kappa shape index (κ3) is 4.83. The number of rotatable bonds is 7. The fourth-order valence-corrected chi connectivity index (χ4v) is 2.70. The molecule has 0 saturated heterocycles. The van der Waals surface area contributed by atoms with Gasteiger partial charge in [0.2, 0.25) is 5.09 Å². The molecule has 0 bridgehead atoms. The van der Waals surface area contributed by atoms with E-state index >= 15 is 0 Å². The van der Waals surface area contributed by atoms with Gasteiger partial charge in [-0.1, -0.05) is 15.9 Å². The molecule has 0 spiro atoms. The van der Waals surface area contributed by atoms with Gasteiger partial charge in [-0.2, -0.15) is 0 Å². The molecule has 9 heteroatoms. The largest absolute Gasteiger partial charge is 0.482 e. The highest BCUT2D eigenvalue weighted by molar-refractivity contribution is 9.10. The molecule has 1 aromatic heterocycles. The molecule has 1 heterocycles. The number of furan rings is 1. The molecule has 0 aliphatic heterocycles. The smallest absolute Gasteiger partial charge is 0.344 e. The maximum absolute atomic E-state index is 11.9. The first-order valence-corrected chi connectivity index (χ1v) is 9.07. The Morgan fingerprint density at radius 1 is 1.17 bits per heavy atom. The molecule has 130 valence electrons. The van der Waals surface area contributed by atoms with Crippen LogP contribution in [0.3, 0.4) is 0 Å². The molecule has 0 aliphatic rings. The number of ether oxygens (including phenoxy) is 2. The Bertz CT molecular complexity index is 798. The Kier molecular flexibility index (Phi) is 6.03. The van der Waals surface area contributed by atoms with Crippen molar-refractivity contribution < 1.29 is 27.1 Å². The van der Waals surface area contributed by atoms with Crippen molar-refractivity contribution in [2.75, 3.05) is 20.7 Å². The van der Waals surface area contributed by atoms with Gasteiger partial charge in [-0.05, 0) is 36.4 Å². The molecule has 0 radical (unpaired) electrons. The van der Waals surface area contributed by atoms with Crippen LogP contribution in [0.15, 0.2) is 50.4 Å². The van der Waals surface area contributed by atoms with E-state index in [-0.39, 0.29) is 24.1 Å². The van der Waals surface area contributed by atoms with Gasteiger partial charge in [-0.15, -0.1) is 0 Å². The van der Waals surface area contributed by atoms with E-state index in [0.29, 0.717) is 5.75 Å². The van der Waals surface area contributed by atoms with Crippen LogP contribution in [0.5, 0.6) is 5.75 Å². The van der Waals surface area contributed by atoms with E-state index in [1.165, 1.54) is 26.2 Å². The molecule has 0 unspecified atom stereocenters. The summed E-state index contributed by atoms with van der Waals surface area (Å²) in [6.45, 7) is -0.434. The Balaban J connectivity index is 1.84. The molecular weight excluding hydrogens is 402 g/mol. The highest BCUT2D eigenvalue weighted by Gasteiger charge is 2.21. The molecule has 24 heavy (non-hydrogen) atoms. The summed E-state index contributed by atoms with van der Waals surface area (Å²) in [4.78, 5) is 11.6. The minimum absolute atomic E-state index is 0.175. The van der Waals surface area contributed by atoms with E-state index in [9.17, 15) is 13.2 Å². The number of halogens is 1. The van der Waals surface area contributed by atoms with Gasteiger partial charge in [0.1, 0.15) is 18.1 Å². The van der Waals surface area contributed by atoms with Crippen LogP contribution in [-0.4, -0.2) is 39.4 Å². The lowest BCUT2D eigenvalue weighted by atomic mass is 10.3. The second-order valence-electron chi connectivity index (χ2n) is 4.91. The number of esters is 1. The summed E-state index contributed by atoms with van der Waals surface area (Å²) < 4.78 is 41.1. The molecule has 0 N–H and O–H groups in total. The summed E-state index contributed by atoms with van der Waals surface area (Å²) in [6, 6.07) is 9.76. The molecule has 7 nitrogen and oxygen atoms in total. The fourth-order valence-electron chi connectivity index (χ4n) is 1.62. The zero-order valence-corrected chi connectivity index (χ0v) is 15.5. The molecular formula is C15H16BrNO6S. The van der Waals surface area contributed by atoms with E-state index < -0.39 is 16.0 Å². The van der Waals surface area contributed by atoms with Crippen molar-refractivity contribution in [3.8, 4) is 5.75 Å². The van der Waals surface area contributed by atoms with Gasteiger partial charge in [0, 0.05) is 18.6 Å². The second kappa shape index (κ2) is 7.82. The van der Waals surface area contributed by atoms with Gasteiger partial charge >= 0.3 is 5.97 Å². The summed E-state index contributed by atoms with van der Waals surface area (Å²) in [7, 11) is -0.847. The molecule has 0 fully saturated rings. The highest BCUT2D eigenvalue weighted by Crippen LogP contribution is 2.18. The first-order chi connectivity index (χ1) is 11.3. The number of sulfonamides is 1. The summed E-state index contributed by atoms with van der Waals surface area (Å²) in [5, 5.41) is -0.204. The zero-order chi connectivity index (χ0) is 17.7. The number of hydrogen-bond donors (Lipinski definition) is 0. The van der Waals surface area contributed by atoms with E-state index in [1.807, 2.05) is 0 Å². The number of carbonyl (C=O) groups excluding carboxylic acids is 1. The molecule has 1 aromatic carbocycles. The van der Waals surface area contributed by atoms with Crippen LogP contribution in [0, 0.1) is 0 Å². The van der Waals surface area contributed by atoms with E-state index in [4.69, 9.17) is 13.9 Å². The van der Waals surface area contributed by atoms with Crippen LogP contribution >= 0.6 is 15.9 Å². The second-order valence-corrected chi connectivity index (χ2v) is 7.91. The minimum Gasteiger partial charge on any atom is -0.482 e. The van der Waals surface area contributed by atoms with Crippen molar-refractivity contribution in [3.63, 3.8) is 0 Å². The van der Waals surface area contributed by atoms with Crippen molar-refractivity contribution in [2.45, 2.75) is 11.7 Å². The Labute approximate surface area is 148 Å². The van der Waals surface area contributed by atoms with Crippen LogP contribution < -0.4 is 4.74 Å². The maximum Gasteiger partial charge on any atom is 0.344 e. The first kappa shape index (κ1) is 18.5. The van der Waals surface area contributed by atoms with Crippen molar-refractivity contribution in [3.05, 3.63) is 46.6 Å². The SMILES string of the molecule is CN(C)S(=O)(=O)c1ccc(COC(=O)COc2ccc(Br)cc2)o1. The number of hydrogen-bond acceptors (Lipinski definition) is 6. The number of carbonyl (C=O) groups is 1. The van der Waals surface area contributed by atoms with Crippen LogP contribution in [0.1, 0.15) is 5.76 Å². The van der Waals surface area contributed by atoms with Crippen LogP contribution in [0.2, 0.25) is 0 Å². The average molecular weight is 418 g/mol. The lowest BCUT2D eigenvalue weighted by Crippen LogP contribution is -2.21. The van der Waals surface area contributed by atoms with Crippen molar-refractivity contribution in [2.24, 2.45) is 0 Å². The highest BCUT2D eigenvalue weighted by atomic mass is 79.9. The standard InChI is InChI=1S/C15H16BrNO6S/c1-17(2)24(19,20)15-8-7-13(23-15)9-22-14(18)10-21-12-5-3-11(16)4-6-12/h3-8H,9-10H2,1-2H3. The third-order valence-electron chi connectivity index (χ3n) is 2.92. The van der Waals surface area contributed by atoms with Gasteiger partial charge in [0.25, 0.3) is 10.0 Å². The molecule has 2 aromatic rings. The number of nitrogens with zero attached hydrogens (tertiary/aromatic N) is 1. The van der Waals surface area contributed by atoms with Crippen molar-refractivity contribution in [1.82, 2.24) is 4.31 Å². The summed E-state index contributed by atoms with van der Waals surface area (Å²) in [5.41, 5.74) is 0. The monoisotopic (exact) mass is 417 g/mol. The Hall–Kier alpha value is -1.84. The molecule has 0 aliphatic carbocycles. The molecule has 0 saturated carbocycles. The summed E-state index contributed by atoms with van der Waals surface area (Å²) >= 11 is 3.30. The Morgan fingerprint density at radius 2 is 1.83 bits per heavy atom. The number of benzene rings is 1. The minimum atomic E-state index is -3.65. The van der Waals surface area contributed by atoms with Crippen molar-refractivity contribution in [1.29, 1.82) is 0 Å². The lowest BCUT2D eigenvalue weighted by Gasteiger charge is -2.08. The lowest BCUT2D eigenvalue weighted by molar-refractivity contribution is -0.147. The molecule has 0 atom stereocenters. The molecule has 0 amide bonds. The summed E-state index contributed by atoms with van der Waals surface area (Å²) in [5.74, 6) is 0.172. The van der Waals surface area contributed by atoms with E-state index in [2.05, 4.69) is 15.9 Å². The normalized spacial score (nSPS) is 11.5. The maximum atomic E-state index is 11.9. The average Bonchev–Trinajstić information content (AvgIpc) is 3.02. The predicted molar refractivity (Wildman–Crippen MR) is 89.0 cm³/mol. The molecule has 2 rings (SSSR count).